The first-order valence-electron chi connectivity index (χ1n) is 7.50. The molecule has 2 atom stereocenters. The molecule has 2 rings (SSSR count). The third kappa shape index (κ3) is 4.96. The number of halogens is 2. The first-order valence-corrected chi connectivity index (χ1v) is 8.26. The average molecular weight is 351 g/mol. The predicted octanol–water partition coefficient (Wildman–Crippen LogP) is 4.52. The lowest BCUT2D eigenvalue weighted by molar-refractivity contribution is -0.121. The maximum Gasteiger partial charge on any atom is 0.234 e. The zero-order chi connectivity index (χ0) is 16.8. The molecule has 0 bridgehead atoms. The molecular weight excluding hydrogens is 331 g/mol. The Labute approximate surface area is 147 Å². The van der Waals surface area contributed by atoms with Gasteiger partial charge in [-0.05, 0) is 37.1 Å². The van der Waals surface area contributed by atoms with Crippen LogP contribution in [0.2, 0.25) is 10.0 Å². The molecule has 2 aromatic carbocycles. The molecule has 0 radical (unpaired) electrons. The fourth-order valence-corrected chi connectivity index (χ4v) is 2.98. The summed E-state index contributed by atoms with van der Waals surface area (Å²) < 4.78 is 0. The Morgan fingerprint density at radius 3 is 1.91 bits per heavy atom. The first-order chi connectivity index (χ1) is 11.0. The minimum Gasteiger partial charge on any atom is -0.348 e. The van der Waals surface area contributed by atoms with Crippen LogP contribution in [0.5, 0.6) is 0 Å². The van der Waals surface area contributed by atoms with Crippen LogP contribution in [0.1, 0.15) is 37.1 Å². The Balaban J connectivity index is 1.88. The van der Waals surface area contributed by atoms with Gasteiger partial charge in [0.05, 0.1) is 12.6 Å². The van der Waals surface area contributed by atoms with Gasteiger partial charge in [-0.1, -0.05) is 59.6 Å². The van der Waals surface area contributed by atoms with E-state index in [0.717, 1.165) is 11.1 Å². The van der Waals surface area contributed by atoms with E-state index in [4.69, 9.17) is 23.2 Å². The number of benzene rings is 2. The molecule has 3 nitrogen and oxygen atoms in total. The predicted molar refractivity (Wildman–Crippen MR) is 95.9 cm³/mol. The van der Waals surface area contributed by atoms with Crippen LogP contribution in [0.25, 0.3) is 0 Å². The van der Waals surface area contributed by atoms with E-state index in [1.165, 1.54) is 0 Å². The summed E-state index contributed by atoms with van der Waals surface area (Å²) >= 11 is 12.3. The topological polar surface area (TPSA) is 41.1 Å². The smallest absolute Gasteiger partial charge is 0.234 e. The van der Waals surface area contributed by atoms with Crippen LogP contribution in [-0.4, -0.2) is 12.5 Å². The third-order valence-electron chi connectivity index (χ3n) is 3.69. The molecule has 2 aromatic rings. The molecule has 0 unspecified atom stereocenters. The normalized spacial score (nSPS) is 13.4. The molecule has 122 valence electrons. The molecule has 0 heterocycles. The van der Waals surface area contributed by atoms with Gasteiger partial charge in [0.15, 0.2) is 0 Å². The molecule has 0 aliphatic rings. The van der Waals surface area contributed by atoms with Gasteiger partial charge in [-0.25, -0.2) is 0 Å². The van der Waals surface area contributed by atoms with E-state index in [2.05, 4.69) is 10.6 Å². The highest BCUT2D eigenvalue weighted by Crippen LogP contribution is 2.23. The van der Waals surface area contributed by atoms with Crippen LogP contribution in [0, 0.1) is 0 Å². The van der Waals surface area contributed by atoms with Crippen molar-refractivity contribution in [3.8, 4) is 0 Å². The summed E-state index contributed by atoms with van der Waals surface area (Å²) in [5, 5.41) is 7.46. The highest BCUT2D eigenvalue weighted by molar-refractivity contribution is 6.31. The summed E-state index contributed by atoms with van der Waals surface area (Å²) in [5.74, 6) is -0.0867. The van der Waals surface area contributed by atoms with Crippen LogP contribution in [0.15, 0.2) is 48.5 Å². The highest BCUT2D eigenvalue weighted by Gasteiger charge is 2.14. The van der Waals surface area contributed by atoms with Gasteiger partial charge >= 0.3 is 0 Å². The zero-order valence-corrected chi connectivity index (χ0v) is 14.7. The molecule has 0 fully saturated rings. The van der Waals surface area contributed by atoms with Crippen molar-refractivity contribution in [1.82, 2.24) is 10.6 Å². The summed E-state index contributed by atoms with van der Waals surface area (Å²) in [6, 6.07) is 15.0. The van der Waals surface area contributed by atoms with Gasteiger partial charge in [-0.3, -0.25) is 4.79 Å². The summed E-state index contributed by atoms with van der Waals surface area (Å²) in [6.45, 7) is 4.10. The van der Waals surface area contributed by atoms with Crippen molar-refractivity contribution in [2.45, 2.75) is 25.9 Å². The number of hydrogen-bond donors (Lipinski definition) is 2. The number of hydrogen-bond acceptors (Lipinski definition) is 2. The van der Waals surface area contributed by atoms with E-state index >= 15 is 0 Å². The lowest BCUT2D eigenvalue weighted by Gasteiger charge is -2.18. The lowest BCUT2D eigenvalue weighted by atomic mass is 10.1. The van der Waals surface area contributed by atoms with Gasteiger partial charge in [0.2, 0.25) is 5.91 Å². The Morgan fingerprint density at radius 1 is 0.913 bits per heavy atom. The Morgan fingerprint density at radius 2 is 1.39 bits per heavy atom. The van der Waals surface area contributed by atoms with E-state index in [1.54, 1.807) is 0 Å². The molecule has 0 aliphatic carbocycles. The molecule has 0 saturated heterocycles. The van der Waals surface area contributed by atoms with E-state index in [9.17, 15) is 4.79 Å². The number of rotatable bonds is 6. The van der Waals surface area contributed by atoms with Gasteiger partial charge in [0.25, 0.3) is 0 Å². The number of amides is 1. The van der Waals surface area contributed by atoms with E-state index in [1.807, 2.05) is 62.4 Å². The monoisotopic (exact) mass is 350 g/mol. The average Bonchev–Trinajstić information content (AvgIpc) is 2.53. The van der Waals surface area contributed by atoms with Crippen molar-refractivity contribution in [1.29, 1.82) is 0 Å². The second-order valence-electron chi connectivity index (χ2n) is 5.43. The van der Waals surface area contributed by atoms with Gasteiger partial charge in [0.1, 0.15) is 0 Å². The van der Waals surface area contributed by atoms with Crippen LogP contribution in [0.3, 0.4) is 0 Å². The maximum atomic E-state index is 12.1. The van der Waals surface area contributed by atoms with E-state index in [-0.39, 0.29) is 24.5 Å². The van der Waals surface area contributed by atoms with Crippen molar-refractivity contribution < 1.29 is 4.79 Å². The van der Waals surface area contributed by atoms with Crippen molar-refractivity contribution in [3.05, 3.63) is 69.7 Å². The minimum atomic E-state index is -0.145. The van der Waals surface area contributed by atoms with Gasteiger partial charge in [-0.2, -0.15) is 0 Å². The van der Waals surface area contributed by atoms with Crippen molar-refractivity contribution in [3.63, 3.8) is 0 Å². The maximum absolute atomic E-state index is 12.1. The summed E-state index contributed by atoms with van der Waals surface area (Å²) in [4.78, 5) is 12.1. The Hall–Kier alpha value is -1.55. The second-order valence-corrected chi connectivity index (χ2v) is 6.25. The number of carbonyl (C=O) groups excluding carboxylic acids is 1. The Bertz CT molecular complexity index is 676. The molecular formula is C18H20Cl2N2O. The van der Waals surface area contributed by atoms with E-state index in [0.29, 0.717) is 10.0 Å². The standard InChI is InChI=1S/C18H20Cl2N2O/c1-12(14-7-3-5-9-16(14)19)21-11-18(23)22-13(2)15-8-4-6-10-17(15)20/h3-10,12-13,21H,11H2,1-2H3,(H,22,23)/t12-,13+/m0/s1. The van der Waals surface area contributed by atoms with Crippen LogP contribution < -0.4 is 10.6 Å². The summed E-state index contributed by atoms with van der Waals surface area (Å²) in [5.41, 5.74) is 1.88. The molecule has 5 heteroatoms. The molecule has 0 saturated carbocycles. The molecule has 0 spiro atoms. The third-order valence-corrected chi connectivity index (χ3v) is 4.38. The number of carbonyl (C=O) groups is 1. The van der Waals surface area contributed by atoms with Crippen molar-refractivity contribution in [2.75, 3.05) is 6.54 Å². The van der Waals surface area contributed by atoms with Gasteiger partial charge < -0.3 is 10.6 Å². The van der Waals surface area contributed by atoms with Gasteiger partial charge in [-0.15, -0.1) is 0 Å². The fraction of sp³-hybridized carbons (Fsp3) is 0.278. The largest absolute Gasteiger partial charge is 0.348 e. The molecule has 0 aliphatic heterocycles. The first kappa shape index (κ1) is 17.8. The number of nitrogens with one attached hydrogen (secondary N) is 2. The van der Waals surface area contributed by atoms with Crippen molar-refractivity contribution in [2.24, 2.45) is 0 Å². The second kappa shape index (κ2) is 8.34. The fourth-order valence-electron chi connectivity index (χ4n) is 2.38. The molecule has 0 aromatic heterocycles. The SMILES string of the molecule is C[C@H](NCC(=O)N[C@H](C)c1ccccc1Cl)c1ccccc1Cl. The minimum absolute atomic E-state index is 0.00920. The van der Waals surface area contributed by atoms with Crippen LogP contribution in [0.4, 0.5) is 0 Å². The molecule has 1 amide bonds. The molecule has 2 N–H and O–H groups in total. The highest BCUT2D eigenvalue weighted by atomic mass is 35.5. The quantitative estimate of drug-likeness (QED) is 0.803. The lowest BCUT2D eigenvalue weighted by Crippen LogP contribution is -2.36. The van der Waals surface area contributed by atoms with E-state index < -0.39 is 0 Å². The summed E-state index contributed by atoms with van der Waals surface area (Å²) in [6.07, 6.45) is 0. The molecule has 23 heavy (non-hydrogen) atoms. The van der Waals surface area contributed by atoms with Crippen LogP contribution >= 0.6 is 23.2 Å². The van der Waals surface area contributed by atoms with Gasteiger partial charge in [0, 0.05) is 16.1 Å². The van der Waals surface area contributed by atoms with Crippen LogP contribution in [-0.2, 0) is 4.79 Å². The summed E-state index contributed by atoms with van der Waals surface area (Å²) in [7, 11) is 0. The van der Waals surface area contributed by atoms with Crippen molar-refractivity contribution >= 4 is 29.1 Å². The zero-order valence-electron chi connectivity index (χ0n) is 13.1. The Kier molecular flexibility index (Phi) is 6.46.